The number of carbonyl (C=O) groups is 1. The second kappa shape index (κ2) is 6.70. The molecule has 0 unspecified atom stereocenters. The van der Waals surface area contributed by atoms with E-state index in [0.29, 0.717) is 30.2 Å². The molecular formula is C16H15BrN2O3. The minimum atomic E-state index is -0.0523. The smallest absolute Gasteiger partial charge is 0.231 e. The summed E-state index contributed by atoms with van der Waals surface area (Å²) in [6.07, 6.45) is 0.379. The van der Waals surface area contributed by atoms with Crippen molar-refractivity contribution in [1.29, 1.82) is 0 Å². The molecule has 3 rings (SSSR count). The van der Waals surface area contributed by atoms with E-state index in [1.807, 2.05) is 24.3 Å². The molecule has 114 valence electrons. The molecular weight excluding hydrogens is 348 g/mol. The van der Waals surface area contributed by atoms with Crippen LogP contribution < -0.4 is 20.1 Å². The second-order valence-electron chi connectivity index (χ2n) is 4.80. The number of amides is 1. The van der Waals surface area contributed by atoms with E-state index in [2.05, 4.69) is 26.6 Å². The van der Waals surface area contributed by atoms with Crippen molar-refractivity contribution >= 4 is 33.2 Å². The van der Waals surface area contributed by atoms with E-state index in [1.54, 1.807) is 18.2 Å². The number of nitrogens with one attached hydrogen (secondary N) is 2. The zero-order valence-corrected chi connectivity index (χ0v) is 13.4. The molecule has 1 heterocycles. The molecule has 1 aliphatic heterocycles. The van der Waals surface area contributed by atoms with Crippen molar-refractivity contribution in [3.63, 3.8) is 0 Å². The van der Waals surface area contributed by atoms with Gasteiger partial charge >= 0.3 is 0 Å². The molecule has 0 aliphatic carbocycles. The van der Waals surface area contributed by atoms with Crippen molar-refractivity contribution in [1.82, 2.24) is 0 Å². The fraction of sp³-hybridized carbons (Fsp3) is 0.188. The highest BCUT2D eigenvalue weighted by Crippen LogP contribution is 2.34. The number of fused-ring (bicyclic) bond motifs is 1. The standard InChI is InChI=1S/C16H15BrN2O3/c17-11-1-3-12(4-2-11)18-8-7-16(20)19-13-5-6-14-15(9-13)22-10-21-14/h1-6,9,18H,7-8,10H2,(H,19,20). The fourth-order valence-electron chi connectivity index (χ4n) is 2.09. The summed E-state index contributed by atoms with van der Waals surface area (Å²) in [5.41, 5.74) is 1.69. The largest absolute Gasteiger partial charge is 0.454 e. The molecule has 0 bridgehead atoms. The minimum absolute atomic E-state index is 0.0523. The van der Waals surface area contributed by atoms with Gasteiger partial charge in [-0.15, -0.1) is 0 Å². The lowest BCUT2D eigenvalue weighted by atomic mass is 10.2. The summed E-state index contributed by atoms with van der Waals surface area (Å²) < 4.78 is 11.5. The van der Waals surface area contributed by atoms with Gasteiger partial charge in [0.1, 0.15) is 0 Å². The Balaban J connectivity index is 1.47. The molecule has 2 N–H and O–H groups in total. The molecule has 0 atom stereocenters. The first-order valence-corrected chi connectivity index (χ1v) is 7.69. The first-order chi connectivity index (χ1) is 10.7. The SMILES string of the molecule is O=C(CCNc1ccc(Br)cc1)Nc1ccc2c(c1)OCO2. The van der Waals surface area contributed by atoms with Crippen molar-refractivity contribution in [2.75, 3.05) is 24.0 Å². The van der Waals surface area contributed by atoms with Gasteiger partial charge in [-0.3, -0.25) is 4.79 Å². The molecule has 1 amide bonds. The lowest BCUT2D eigenvalue weighted by Crippen LogP contribution is -2.16. The summed E-state index contributed by atoms with van der Waals surface area (Å²) in [7, 11) is 0. The highest BCUT2D eigenvalue weighted by molar-refractivity contribution is 9.10. The van der Waals surface area contributed by atoms with E-state index < -0.39 is 0 Å². The van der Waals surface area contributed by atoms with Gasteiger partial charge in [-0.05, 0) is 36.4 Å². The predicted octanol–water partition coefficient (Wildman–Crippen LogP) is 3.62. The van der Waals surface area contributed by atoms with Crippen LogP contribution in [-0.4, -0.2) is 19.2 Å². The third-order valence-electron chi connectivity index (χ3n) is 3.18. The molecule has 0 spiro atoms. The first kappa shape index (κ1) is 14.7. The van der Waals surface area contributed by atoms with Crippen molar-refractivity contribution < 1.29 is 14.3 Å². The summed E-state index contributed by atoms with van der Waals surface area (Å²) >= 11 is 3.38. The van der Waals surface area contributed by atoms with Crippen LogP contribution in [0, 0.1) is 0 Å². The average molecular weight is 363 g/mol. The summed E-state index contributed by atoms with van der Waals surface area (Å²) in [5, 5.41) is 6.05. The molecule has 5 nitrogen and oxygen atoms in total. The molecule has 2 aromatic rings. The number of hydrogen-bond donors (Lipinski definition) is 2. The van der Waals surface area contributed by atoms with Crippen molar-refractivity contribution in [2.24, 2.45) is 0 Å². The number of rotatable bonds is 5. The van der Waals surface area contributed by atoms with Crippen LogP contribution in [-0.2, 0) is 4.79 Å². The third kappa shape index (κ3) is 3.71. The Kier molecular flexibility index (Phi) is 4.48. The van der Waals surface area contributed by atoms with Gasteiger partial charge in [0.15, 0.2) is 11.5 Å². The molecule has 0 saturated heterocycles. The van der Waals surface area contributed by atoms with Gasteiger partial charge in [0, 0.05) is 34.9 Å². The van der Waals surface area contributed by atoms with E-state index >= 15 is 0 Å². The number of hydrogen-bond acceptors (Lipinski definition) is 4. The number of ether oxygens (including phenoxy) is 2. The van der Waals surface area contributed by atoms with E-state index in [4.69, 9.17) is 9.47 Å². The number of halogens is 1. The number of carbonyl (C=O) groups excluding carboxylic acids is 1. The number of benzene rings is 2. The van der Waals surface area contributed by atoms with Gasteiger partial charge in [-0.25, -0.2) is 0 Å². The van der Waals surface area contributed by atoms with Gasteiger partial charge in [0.25, 0.3) is 0 Å². The fourth-order valence-corrected chi connectivity index (χ4v) is 2.35. The van der Waals surface area contributed by atoms with Gasteiger partial charge in [-0.1, -0.05) is 15.9 Å². The maximum atomic E-state index is 11.9. The first-order valence-electron chi connectivity index (χ1n) is 6.90. The molecule has 2 aromatic carbocycles. The molecule has 0 saturated carbocycles. The van der Waals surface area contributed by atoms with Crippen LogP contribution in [0.3, 0.4) is 0 Å². The zero-order valence-electron chi connectivity index (χ0n) is 11.8. The topological polar surface area (TPSA) is 59.6 Å². The van der Waals surface area contributed by atoms with Crippen LogP contribution in [0.1, 0.15) is 6.42 Å². The Morgan fingerprint density at radius 2 is 1.77 bits per heavy atom. The van der Waals surface area contributed by atoms with Crippen molar-refractivity contribution in [2.45, 2.75) is 6.42 Å². The summed E-state index contributed by atoms with van der Waals surface area (Å²) in [6.45, 7) is 0.794. The lowest BCUT2D eigenvalue weighted by molar-refractivity contribution is -0.115. The molecule has 22 heavy (non-hydrogen) atoms. The monoisotopic (exact) mass is 362 g/mol. The van der Waals surface area contributed by atoms with E-state index in [0.717, 1.165) is 10.2 Å². The summed E-state index contributed by atoms with van der Waals surface area (Å²) in [6, 6.07) is 13.2. The van der Waals surface area contributed by atoms with Gasteiger partial charge in [-0.2, -0.15) is 0 Å². The number of anilines is 2. The molecule has 0 aromatic heterocycles. The highest BCUT2D eigenvalue weighted by Gasteiger charge is 2.13. The highest BCUT2D eigenvalue weighted by atomic mass is 79.9. The predicted molar refractivity (Wildman–Crippen MR) is 88.4 cm³/mol. The van der Waals surface area contributed by atoms with Crippen LogP contribution in [0.5, 0.6) is 11.5 Å². The zero-order chi connectivity index (χ0) is 15.4. The average Bonchev–Trinajstić information content (AvgIpc) is 2.97. The van der Waals surface area contributed by atoms with E-state index in [-0.39, 0.29) is 12.7 Å². The van der Waals surface area contributed by atoms with Crippen molar-refractivity contribution in [3.8, 4) is 11.5 Å². The van der Waals surface area contributed by atoms with Crippen LogP contribution in [0.25, 0.3) is 0 Å². The van der Waals surface area contributed by atoms with E-state index in [9.17, 15) is 4.79 Å². The maximum absolute atomic E-state index is 11.9. The van der Waals surface area contributed by atoms with Crippen LogP contribution in [0.15, 0.2) is 46.9 Å². The second-order valence-corrected chi connectivity index (χ2v) is 5.72. The molecule has 1 aliphatic rings. The quantitative estimate of drug-likeness (QED) is 0.852. The van der Waals surface area contributed by atoms with E-state index in [1.165, 1.54) is 0 Å². The Labute approximate surface area is 136 Å². The Bertz CT molecular complexity index is 674. The Morgan fingerprint density at radius 3 is 2.59 bits per heavy atom. The Hall–Kier alpha value is -2.21. The maximum Gasteiger partial charge on any atom is 0.231 e. The summed E-state index contributed by atoms with van der Waals surface area (Å²) in [5.74, 6) is 1.31. The third-order valence-corrected chi connectivity index (χ3v) is 3.71. The van der Waals surface area contributed by atoms with Crippen LogP contribution in [0.2, 0.25) is 0 Å². The van der Waals surface area contributed by atoms with Crippen LogP contribution >= 0.6 is 15.9 Å². The van der Waals surface area contributed by atoms with Crippen molar-refractivity contribution in [3.05, 3.63) is 46.9 Å². The van der Waals surface area contributed by atoms with Gasteiger partial charge in [0.2, 0.25) is 12.7 Å². The van der Waals surface area contributed by atoms with Gasteiger partial charge in [0.05, 0.1) is 0 Å². The summed E-state index contributed by atoms with van der Waals surface area (Å²) in [4.78, 5) is 11.9. The normalized spacial score (nSPS) is 12.0. The lowest BCUT2D eigenvalue weighted by Gasteiger charge is -2.08. The molecule has 0 radical (unpaired) electrons. The minimum Gasteiger partial charge on any atom is -0.454 e. The van der Waals surface area contributed by atoms with Crippen LogP contribution in [0.4, 0.5) is 11.4 Å². The van der Waals surface area contributed by atoms with Gasteiger partial charge < -0.3 is 20.1 Å². The molecule has 0 fully saturated rings. The Morgan fingerprint density at radius 1 is 1.05 bits per heavy atom. The molecule has 6 heteroatoms.